The summed E-state index contributed by atoms with van der Waals surface area (Å²) in [4.78, 5) is 14.4. The molecule has 0 spiro atoms. The normalized spacial score (nSPS) is 17.4. The van der Waals surface area contributed by atoms with E-state index in [-0.39, 0.29) is 23.6 Å². The number of nitrogens with zero attached hydrogens (tertiary/aromatic N) is 2. The highest BCUT2D eigenvalue weighted by atomic mass is 32.1. The number of aryl methyl sites for hydroxylation is 1. The predicted octanol–water partition coefficient (Wildman–Crippen LogP) is 4.98. The minimum atomic E-state index is -0.669. The lowest BCUT2D eigenvalue weighted by atomic mass is 9.90. The van der Waals surface area contributed by atoms with Gasteiger partial charge in [-0.3, -0.25) is 0 Å². The van der Waals surface area contributed by atoms with E-state index in [0.29, 0.717) is 16.4 Å². The summed E-state index contributed by atoms with van der Waals surface area (Å²) in [6.07, 6.45) is 2.53. The fraction of sp³-hybridized carbons (Fsp3) is 0.350. The van der Waals surface area contributed by atoms with Crippen LogP contribution in [0.15, 0.2) is 34.7 Å². The van der Waals surface area contributed by atoms with Gasteiger partial charge >= 0.3 is 5.97 Å². The zero-order chi connectivity index (χ0) is 19.0. The van der Waals surface area contributed by atoms with Gasteiger partial charge in [0.1, 0.15) is 10.7 Å². The highest BCUT2D eigenvalue weighted by Crippen LogP contribution is 2.33. The maximum absolute atomic E-state index is 13.0. The second kappa shape index (κ2) is 7.23. The lowest BCUT2D eigenvalue weighted by molar-refractivity contribution is 0.0285. The molecule has 0 unspecified atom stereocenters. The molecule has 1 aliphatic carbocycles. The molecule has 0 saturated carbocycles. The third-order valence-corrected chi connectivity index (χ3v) is 5.91. The van der Waals surface area contributed by atoms with Gasteiger partial charge in [-0.1, -0.05) is 6.92 Å². The van der Waals surface area contributed by atoms with Crippen molar-refractivity contribution >= 4 is 17.3 Å². The molecule has 0 N–H and O–H groups in total. The molecule has 1 aromatic carbocycles. The van der Waals surface area contributed by atoms with Crippen LogP contribution in [0, 0.1) is 11.7 Å². The van der Waals surface area contributed by atoms with E-state index in [2.05, 4.69) is 17.1 Å². The maximum Gasteiger partial charge on any atom is 0.349 e. The van der Waals surface area contributed by atoms with E-state index >= 15 is 0 Å². The van der Waals surface area contributed by atoms with E-state index in [1.165, 1.54) is 33.9 Å². The number of esters is 1. The Morgan fingerprint density at radius 3 is 2.89 bits per heavy atom. The van der Waals surface area contributed by atoms with Crippen molar-refractivity contribution in [3.05, 3.63) is 57.4 Å². The van der Waals surface area contributed by atoms with Crippen molar-refractivity contribution in [2.24, 2.45) is 5.92 Å². The highest BCUT2D eigenvalue weighted by Gasteiger charge is 2.24. The number of ether oxygens (including phenoxy) is 1. The van der Waals surface area contributed by atoms with Crippen LogP contribution in [0.2, 0.25) is 0 Å². The van der Waals surface area contributed by atoms with Crippen molar-refractivity contribution < 1.29 is 18.3 Å². The van der Waals surface area contributed by atoms with Crippen molar-refractivity contribution in [3.8, 4) is 11.5 Å². The molecule has 4 rings (SSSR count). The summed E-state index contributed by atoms with van der Waals surface area (Å²) in [5.41, 5.74) is 1.86. The molecule has 0 radical (unpaired) electrons. The summed E-state index contributed by atoms with van der Waals surface area (Å²) in [7, 11) is 0. The first-order chi connectivity index (χ1) is 13.0. The number of halogens is 1. The Kier molecular flexibility index (Phi) is 4.78. The lowest BCUT2D eigenvalue weighted by Gasteiger charge is -2.16. The Bertz CT molecular complexity index is 964. The molecule has 3 aromatic rings. The number of benzene rings is 1. The van der Waals surface area contributed by atoms with Crippen molar-refractivity contribution in [2.45, 2.75) is 39.2 Å². The van der Waals surface area contributed by atoms with Crippen LogP contribution in [-0.2, 0) is 17.6 Å². The van der Waals surface area contributed by atoms with Gasteiger partial charge in [0, 0.05) is 10.4 Å². The Morgan fingerprint density at radius 1 is 1.33 bits per heavy atom. The third kappa shape index (κ3) is 3.78. The Labute approximate surface area is 160 Å². The van der Waals surface area contributed by atoms with Crippen LogP contribution >= 0.6 is 11.3 Å². The zero-order valence-electron chi connectivity index (χ0n) is 15.1. The smallest absolute Gasteiger partial charge is 0.349 e. The molecule has 0 amide bonds. The lowest BCUT2D eigenvalue weighted by Crippen LogP contribution is -2.08. The van der Waals surface area contributed by atoms with E-state index < -0.39 is 6.10 Å². The van der Waals surface area contributed by atoms with E-state index in [9.17, 15) is 9.18 Å². The molecule has 5 nitrogen and oxygen atoms in total. The number of fused-ring (bicyclic) bond motifs is 1. The topological polar surface area (TPSA) is 65.2 Å². The SMILES string of the molecule is C[C@H]1CCc2sc(C(=O)O[C@@H](C)c3nnc(-c4ccc(F)cc4)o3)cc2C1. The summed E-state index contributed by atoms with van der Waals surface area (Å²) in [5, 5.41) is 7.90. The van der Waals surface area contributed by atoms with Crippen LogP contribution in [0.1, 0.15) is 52.4 Å². The molecule has 140 valence electrons. The first-order valence-electron chi connectivity index (χ1n) is 8.91. The Morgan fingerprint density at radius 2 is 2.11 bits per heavy atom. The summed E-state index contributed by atoms with van der Waals surface area (Å²) in [6, 6.07) is 7.70. The van der Waals surface area contributed by atoms with E-state index in [1.807, 2.05) is 6.07 Å². The van der Waals surface area contributed by atoms with Crippen LogP contribution < -0.4 is 0 Å². The predicted molar refractivity (Wildman–Crippen MR) is 99.0 cm³/mol. The highest BCUT2D eigenvalue weighted by molar-refractivity contribution is 7.14. The molecule has 2 aromatic heterocycles. The number of carbonyl (C=O) groups excluding carboxylic acids is 1. The summed E-state index contributed by atoms with van der Waals surface area (Å²) in [6.45, 7) is 3.92. The maximum atomic E-state index is 13.0. The van der Waals surface area contributed by atoms with E-state index in [4.69, 9.17) is 9.15 Å². The third-order valence-electron chi connectivity index (χ3n) is 4.69. The fourth-order valence-corrected chi connectivity index (χ4v) is 4.27. The molecule has 27 heavy (non-hydrogen) atoms. The van der Waals surface area contributed by atoms with Crippen LogP contribution in [0.4, 0.5) is 4.39 Å². The molecule has 0 fully saturated rings. The molecular weight excluding hydrogens is 367 g/mol. The zero-order valence-corrected chi connectivity index (χ0v) is 15.9. The van der Waals surface area contributed by atoms with Crippen molar-refractivity contribution in [1.29, 1.82) is 0 Å². The Balaban J connectivity index is 1.45. The molecular formula is C20H19FN2O3S. The van der Waals surface area contributed by atoms with Gasteiger partial charge in [0.15, 0.2) is 6.10 Å². The van der Waals surface area contributed by atoms with Gasteiger partial charge in [0.2, 0.25) is 5.89 Å². The second-order valence-electron chi connectivity index (χ2n) is 6.91. The number of hydrogen-bond donors (Lipinski definition) is 0. The van der Waals surface area contributed by atoms with Crippen molar-refractivity contribution in [1.82, 2.24) is 10.2 Å². The molecule has 0 aliphatic heterocycles. The number of hydrogen-bond acceptors (Lipinski definition) is 6. The average Bonchev–Trinajstić information content (AvgIpc) is 3.29. The van der Waals surface area contributed by atoms with Crippen LogP contribution in [-0.4, -0.2) is 16.2 Å². The van der Waals surface area contributed by atoms with Crippen LogP contribution in [0.3, 0.4) is 0 Å². The van der Waals surface area contributed by atoms with Gasteiger partial charge in [-0.25, -0.2) is 9.18 Å². The van der Waals surface area contributed by atoms with E-state index in [1.54, 1.807) is 19.1 Å². The summed E-state index contributed by atoms with van der Waals surface area (Å²) < 4.78 is 24.1. The van der Waals surface area contributed by atoms with Gasteiger partial charge in [0.25, 0.3) is 5.89 Å². The molecule has 2 atom stereocenters. The number of aromatic nitrogens is 2. The van der Waals surface area contributed by atoms with Gasteiger partial charge in [-0.05, 0) is 68.0 Å². The molecule has 1 aliphatic rings. The minimum Gasteiger partial charge on any atom is -0.448 e. The van der Waals surface area contributed by atoms with Crippen molar-refractivity contribution in [2.75, 3.05) is 0 Å². The van der Waals surface area contributed by atoms with Gasteiger partial charge in [-0.15, -0.1) is 21.5 Å². The summed E-state index contributed by atoms with van der Waals surface area (Å²) >= 11 is 1.51. The van der Waals surface area contributed by atoms with Gasteiger partial charge in [0.05, 0.1) is 0 Å². The van der Waals surface area contributed by atoms with Gasteiger partial charge < -0.3 is 9.15 Å². The minimum absolute atomic E-state index is 0.206. The Hall–Kier alpha value is -2.54. The largest absolute Gasteiger partial charge is 0.448 e. The average molecular weight is 386 g/mol. The van der Waals surface area contributed by atoms with Crippen LogP contribution in [0.25, 0.3) is 11.5 Å². The first kappa shape index (κ1) is 17.9. The molecule has 0 bridgehead atoms. The molecule has 0 saturated heterocycles. The second-order valence-corrected chi connectivity index (χ2v) is 8.04. The number of rotatable bonds is 4. The van der Waals surface area contributed by atoms with Crippen molar-refractivity contribution in [3.63, 3.8) is 0 Å². The van der Waals surface area contributed by atoms with Crippen LogP contribution in [0.5, 0.6) is 0 Å². The quantitative estimate of drug-likeness (QED) is 0.592. The number of carbonyl (C=O) groups is 1. The molecule has 2 heterocycles. The van der Waals surface area contributed by atoms with E-state index in [0.717, 1.165) is 19.3 Å². The molecule has 7 heteroatoms. The monoisotopic (exact) mass is 386 g/mol. The first-order valence-corrected chi connectivity index (χ1v) is 9.73. The van der Waals surface area contributed by atoms with Gasteiger partial charge in [-0.2, -0.15) is 0 Å². The standard InChI is InChI=1S/C20H19FN2O3S/c1-11-3-8-16-14(9-11)10-17(27-16)20(24)25-12(2)18-22-23-19(26-18)13-4-6-15(21)7-5-13/h4-7,10-12H,3,8-9H2,1-2H3/t11-,12-/m0/s1. The number of thiophene rings is 1. The fourth-order valence-electron chi connectivity index (χ4n) is 3.18. The summed E-state index contributed by atoms with van der Waals surface area (Å²) in [5.74, 6) is 0.397.